The van der Waals surface area contributed by atoms with Crippen LogP contribution < -0.4 is 4.90 Å². The Kier molecular flexibility index (Phi) is 4.91. The molecule has 96 valence electrons. The van der Waals surface area contributed by atoms with Crippen LogP contribution in [-0.4, -0.2) is 43.4 Å². The zero-order chi connectivity index (χ0) is 12.8. The summed E-state index contributed by atoms with van der Waals surface area (Å²) < 4.78 is 0. The van der Waals surface area contributed by atoms with E-state index in [-0.39, 0.29) is 0 Å². The topological polar surface area (TPSA) is 30.3 Å². The standard InChI is InChI=1S/C14H19N3S/c15-12-13-4-1-2-5-14(13)17-9-7-16(8-10-17)6-3-11-18/h1-2,4-5,18H,3,6-11H2. The first-order valence-electron chi connectivity index (χ1n) is 6.42. The minimum absolute atomic E-state index is 0.779. The second-order valence-corrected chi connectivity index (χ2v) is 4.98. The zero-order valence-corrected chi connectivity index (χ0v) is 11.4. The number of piperazine rings is 1. The van der Waals surface area contributed by atoms with Crippen molar-refractivity contribution in [3.8, 4) is 6.07 Å². The molecule has 0 unspecified atom stereocenters. The number of nitrogens with zero attached hydrogens (tertiary/aromatic N) is 3. The smallest absolute Gasteiger partial charge is 0.101 e. The Morgan fingerprint density at radius 3 is 2.56 bits per heavy atom. The second-order valence-electron chi connectivity index (χ2n) is 4.53. The number of para-hydroxylation sites is 1. The largest absolute Gasteiger partial charge is 0.368 e. The third-order valence-electron chi connectivity index (χ3n) is 3.37. The Labute approximate surface area is 114 Å². The van der Waals surface area contributed by atoms with Crippen LogP contribution in [0.1, 0.15) is 12.0 Å². The Bertz CT molecular complexity index is 419. The SMILES string of the molecule is N#Cc1ccccc1N1CCN(CCCS)CC1. The van der Waals surface area contributed by atoms with Crippen molar-refractivity contribution in [1.29, 1.82) is 5.26 Å². The molecule has 1 aromatic carbocycles. The van der Waals surface area contributed by atoms with Gasteiger partial charge in [0.1, 0.15) is 6.07 Å². The van der Waals surface area contributed by atoms with E-state index in [2.05, 4.69) is 28.5 Å². The monoisotopic (exact) mass is 261 g/mol. The lowest BCUT2D eigenvalue weighted by molar-refractivity contribution is 0.259. The van der Waals surface area contributed by atoms with E-state index >= 15 is 0 Å². The van der Waals surface area contributed by atoms with Gasteiger partial charge in [-0.2, -0.15) is 17.9 Å². The molecule has 1 fully saturated rings. The van der Waals surface area contributed by atoms with Crippen LogP contribution in [0.25, 0.3) is 0 Å². The number of benzene rings is 1. The van der Waals surface area contributed by atoms with E-state index in [0.717, 1.165) is 56.1 Å². The molecule has 0 aromatic heterocycles. The van der Waals surface area contributed by atoms with Crippen LogP contribution in [0.2, 0.25) is 0 Å². The molecule has 0 aliphatic carbocycles. The second kappa shape index (κ2) is 6.67. The van der Waals surface area contributed by atoms with Crippen molar-refractivity contribution < 1.29 is 0 Å². The van der Waals surface area contributed by atoms with Crippen molar-refractivity contribution in [3.63, 3.8) is 0 Å². The summed E-state index contributed by atoms with van der Waals surface area (Å²) in [5, 5.41) is 9.12. The number of hydrogen-bond donors (Lipinski definition) is 1. The molecule has 1 heterocycles. The predicted octanol–water partition coefficient (Wildman–Crippen LogP) is 2.00. The average Bonchev–Trinajstić information content (AvgIpc) is 2.45. The summed E-state index contributed by atoms with van der Waals surface area (Å²) in [5.74, 6) is 0.956. The van der Waals surface area contributed by atoms with Gasteiger partial charge in [-0.25, -0.2) is 0 Å². The maximum absolute atomic E-state index is 9.12. The number of anilines is 1. The molecule has 0 amide bonds. The van der Waals surface area contributed by atoms with Crippen molar-refractivity contribution >= 4 is 18.3 Å². The number of hydrogen-bond acceptors (Lipinski definition) is 4. The van der Waals surface area contributed by atoms with Gasteiger partial charge in [-0.3, -0.25) is 4.90 Å². The van der Waals surface area contributed by atoms with Gasteiger partial charge in [-0.15, -0.1) is 0 Å². The minimum atomic E-state index is 0.779. The van der Waals surface area contributed by atoms with E-state index in [1.165, 1.54) is 0 Å². The summed E-state index contributed by atoms with van der Waals surface area (Å²) in [6.45, 7) is 5.30. The quantitative estimate of drug-likeness (QED) is 0.841. The molecular formula is C14H19N3S. The maximum atomic E-state index is 9.12. The van der Waals surface area contributed by atoms with E-state index in [1.807, 2.05) is 24.3 Å². The van der Waals surface area contributed by atoms with Crippen molar-refractivity contribution in [2.75, 3.05) is 43.4 Å². The molecule has 4 heteroatoms. The van der Waals surface area contributed by atoms with E-state index < -0.39 is 0 Å². The Morgan fingerprint density at radius 1 is 1.17 bits per heavy atom. The maximum Gasteiger partial charge on any atom is 0.101 e. The molecule has 18 heavy (non-hydrogen) atoms. The number of nitriles is 1. The lowest BCUT2D eigenvalue weighted by Crippen LogP contribution is -2.46. The van der Waals surface area contributed by atoms with Gasteiger partial charge in [0, 0.05) is 26.2 Å². The van der Waals surface area contributed by atoms with E-state index in [0.29, 0.717) is 0 Å². The van der Waals surface area contributed by atoms with Crippen LogP contribution in [0, 0.1) is 11.3 Å². The summed E-state index contributed by atoms with van der Waals surface area (Å²) in [6.07, 6.45) is 1.15. The Morgan fingerprint density at radius 2 is 1.89 bits per heavy atom. The van der Waals surface area contributed by atoms with Crippen LogP contribution in [0.5, 0.6) is 0 Å². The highest BCUT2D eigenvalue weighted by molar-refractivity contribution is 7.80. The van der Waals surface area contributed by atoms with Crippen LogP contribution in [-0.2, 0) is 0 Å². The first kappa shape index (κ1) is 13.3. The molecule has 1 saturated heterocycles. The fourth-order valence-corrected chi connectivity index (χ4v) is 2.49. The van der Waals surface area contributed by atoms with Gasteiger partial charge in [0.25, 0.3) is 0 Å². The minimum Gasteiger partial charge on any atom is -0.368 e. The van der Waals surface area contributed by atoms with Crippen molar-refractivity contribution in [1.82, 2.24) is 4.90 Å². The van der Waals surface area contributed by atoms with Crippen molar-refractivity contribution in [2.45, 2.75) is 6.42 Å². The van der Waals surface area contributed by atoms with Gasteiger partial charge in [-0.1, -0.05) is 12.1 Å². The van der Waals surface area contributed by atoms with Gasteiger partial charge in [0.05, 0.1) is 11.3 Å². The van der Waals surface area contributed by atoms with Gasteiger partial charge < -0.3 is 4.90 Å². The third kappa shape index (κ3) is 3.18. The summed E-state index contributed by atoms with van der Waals surface area (Å²) in [5.41, 5.74) is 1.86. The van der Waals surface area contributed by atoms with Crippen LogP contribution >= 0.6 is 12.6 Å². The Balaban J connectivity index is 1.95. The predicted molar refractivity (Wildman–Crippen MR) is 78.3 cm³/mol. The molecule has 2 rings (SSSR count). The fourth-order valence-electron chi connectivity index (χ4n) is 2.35. The highest BCUT2D eigenvalue weighted by Crippen LogP contribution is 2.20. The first-order chi connectivity index (χ1) is 8.85. The van der Waals surface area contributed by atoms with Gasteiger partial charge >= 0.3 is 0 Å². The number of rotatable bonds is 4. The summed E-state index contributed by atoms with van der Waals surface area (Å²) >= 11 is 4.25. The lowest BCUT2D eigenvalue weighted by atomic mass is 10.1. The zero-order valence-electron chi connectivity index (χ0n) is 10.5. The van der Waals surface area contributed by atoms with Crippen molar-refractivity contribution in [3.05, 3.63) is 29.8 Å². The molecule has 1 aromatic rings. The van der Waals surface area contributed by atoms with Crippen LogP contribution in [0.15, 0.2) is 24.3 Å². The van der Waals surface area contributed by atoms with E-state index in [1.54, 1.807) is 0 Å². The first-order valence-corrected chi connectivity index (χ1v) is 7.05. The molecule has 0 spiro atoms. The van der Waals surface area contributed by atoms with Gasteiger partial charge in [0.2, 0.25) is 0 Å². The molecule has 1 aliphatic rings. The summed E-state index contributed by atoms with van der Waals surface area (Å²) in [6, 6.07) is 10.1. The average molecular weight is 261 g/mol. The highest BCUT2D eigenvalue weighted by Gasteiger charge is 2.18. The molecule has 0 atom stereocenters. The fraction of sp³-hybridized carbons (Fsp3) is 0.500. The number of thiol groups is 1. The summed E-state index contributed by atoms with van der Waals surface area (Å²) in [4.78, 5) is 4.79. The van der Waals surface area contributed by atoms with Crippen LogP contribution in [0.3, 0.4) is 0 Å². The molecule has 0 N–H and O–H groups in total. The molecule has 0 bridgehead atoms. The highest BCUT2D eigenvalue weighted by atomic mass is 32.1. The van der Waals surface area contributed by atoms with Crippen molar-refractivity contribution in [2.24, 2.45) is 0 Å². The molecule has 3 nitrogen and oxygen atoms in total. The summed E-state index contributed by atoms with van der Waals surface area (Å²) in [7, 11) is 0. The normalized spacial score (nSPS) is 16.6. The van der Waals surface area contributed by atoms with Gasteiger partial charge in [0.15, 0.2) is 0 Å². The Hall–Kier alpha value is -1.18. The molecule has 1 aliphatic heterocycles. The molecule has 0 saturated carbocycles. The van der Waals surface area contributed by atoms with Gasteiger partial charge in [-0.05, 0) is 30.9 Å². The molecular weight excluding hydrogens is 242 g/mol. The molecule has 0 radical (unpaired) electrons. The van der Waals surface area contributed by atoms with Crippen LogP contribution in [0.4, 0.5) is 5.69 Å². The third-order valence-corrected chi connectivity index (χ3v) is 3.69. The van der Waals surface area contributed by atoms with E-state index in [9.17, 15) is 0 Å². The van der Waals surface area contributed by atoms with E-state index in [4.69, 9.17) is 5.26 Å². The lowest BCUT2D eigenvalue weighted by Gasteiger charge is -2.36.